The van der Waals surface area contributed by atoms with E-state index in [2.05, 4.69) is 24.0 Å². The van der Waals surface area contributed by atoms with E-state index in [9.17, 15) is 8.42 Å². The van der Waals surface area contributed by atoms with Crippen LogP contribution in [0.2, 0.25) is 0 Å². The van der Waals surface area contributed by atoms with E-state index < -0.39 is 10.0 Å². The summed E-state index contributed by atoms with van der Waals surface area (Å²) in [5.74, 6) is 0. The molecule has 3 fully saturated rings. The monoisotopic (exact) mass is 338 g/mol. The van der Waals surface area contributed by atoms with Crippen molar-refractivity contribution in [3.63, 3.8) is 0 Å². The number of aryl methyl sites for hydroxylation is 2. The number of aromatic nitrogens is 2. The third kappa shape index (κ3) is 1.99. The highest BCUT2D eigenvalue weighted by Gasteiger charge is 2.62. The van der Waals surface area contributed by atoms with Gasteiger partial charge in [-0.25, -0.2) is 8.42 Å². The zero-order chi connectivity index (χ0) is 16.6. The minimum absolute atomic E-state index is 0.0824. The fourth-order valence-corrected chi connectivity index (χ4v) is 7.71. The fraction of sp³-hybridized carbons (Fsp3) is 0.812. The SMILES string of the molecule is Cc1nn(C)cc1S(=O)(=O)N1[C@@H]2CN(C)[C@@H]3CCC[C@H]1[C@]3(C)C2. The highest BCUT2D eigenvalue weighted by molar-refractivity contribution is 7.89. The van der Waals surface area contributed by atoms with E-state index in [1.54, 1.807) is 24.9 Å². The molecule has 7 heteroatoms. The predicted molar refractivity (Wildman–Crippen MR) is 87.5 cm³/mol. The van der Waals surface area contributed by atoms with Gasteiger partial charge in [-0.3, -0.25) is 4.68 Å². The van der Waals surface area contributed by atoms with Crippen molar-refractivity contribution in [1.82, 2.24) is 19.0 Å². The Bertz CT molecular complexity index is 743. The van der Waals surface area contributed by atoms with Crippen LogP contribution in [0.5, 0.6) is 0 Å². The van der Waals surface area contributed by atoms with Gasteiger partial charge in [-0.05, 0) is 33.2 Å². The molecular weight excluding hydrogens is 312 g/mol. The number of hydrogen-bond donors (Lipinski definition) is 0. The van der Waals surface area contributed by atoms with Crippen molar-refractivity contribution >= 4 is 10.0 Å². The lowest BCUT2D eigenvalue weighted by molar-refractivity contribution is 0.0280. The molecule has 0 unspecified atom stereocenters. The van der Waals surface area contributed by atoms with Crippen LogP contribution < -0.4 is 0 Å². The van der Waals surface area contributed by atoms with Gasteiger partial charge in [0.2, 0.25) is 10.0 Å². The number of likely N-dealkylation sites (tertiary alicyclic amines) is 1. The summed E-state index contributed by atoms with van der Waals surface area (Å²) in [6.07, 6.45) is 5.93. The van der Waals surface area contributed by atoms with Gasteiger partial charge in [0.25, 0.3) is 0 Å². The maximum absolute atomic E-state index is 13.4. The molecule has 3 aliphatic rings. The van der Waals surface area contributed by atoms with Crippen LogP contribution in [-0.2, 0) is 17.1 Å². The van der Waals surface area contributed by atoms with Gasteiger partial charge < -0.3 is 4.90 Å². The van der Waals surface area contributed by atoms with Crippen molar-refractivity contribution in [2.45, 2.75) is 62.6 Å². The lowest BCUT2D eigenvalue weighted by Crippen LogP contribution is -2.54. The first-order chi connectivity index (χ1) is 10.7. The molecule has 6 nitrogen and oxygen atoms in total. The van der Waals surface area contributed by atoms with Crippen LogP contribution in [0.3, 0.4) is 0 Å². The molecule has 3 heterocycles. The van der Waals surface area contributed by atoms with Gasteiger partial charge >= 0.3 is 0 Å². The molecule has 2 aliphatic heterocycles. The van der Waals surface area contributed by atoms with Gasteiger partial charge in [-0.2, -0.15) is 9.40 Å². The summed E-state index contributed by atoms with van der Waals surface area (Å²) in [7, 11) is 0.442. The Labute approximate surface area is 138 Å². The van der Waals surface area contributed by atoms with Crippen molar-refractivity contribution in [3.8, 4) is 0 Å². The molecule has 0 radical (unpaired) electrons. The summed E-state index contributed by atoms with van der Waals surface area (Å²) in [5, 5.41) is 4.25. The van der Waals surface area contributed by atoms with Gasteiger partial charge in [0.15, 0.2) is 0 Å². The number of sulfonamides is 1. The van der Waals surface area contributed by atoms with Crippen molar-refractivity contribution in [2.24, 2.45) is 12.5 Å². The summed E-state index contributed by atoms with van der Waals surface area (Å²) >= 11 is 0. The third-order valence-corrected chi connectivity index (χ3v) is 8.44. The van der Waals surface area contributed by atoms with Crippen LogP contribution in [0.15, 0.2) is 11.1 Å². The molecule has 23 heavy (non-hydrogen) atoms. The number of hydrogen-bond acceptors (Lipinski definition) is 4. The lowest BCUT2D eigenvalue weighted by Gasteiger charge is -2.49. The number of piperidine rings is 1. The quantitative estimate of drug-likeness (QED) is 0.817. The van der Waals surface area contributed by atoms with Crippen LogP contribution in [0.1, 0.15) is 38.3 Å². The molecule has 4 rings (SSSR count). The Morgan fingerprint density at radius 2 is 1.96 bits per heavy atom. The molecule has 0 amide bonds. The summed E-state index contributed by atoms with van der Waals surface area (Å²) in [5.41, 5.74) is 0.679. The van der Waals surface area contributed by atoms with Crippen LogP contribution >= 0.6 is 0 Å². The minimum atomic E-state index is -3.49. The van der Waals surface area contributed by atoms with Gasteiger partial charge in [0.05, 0.1) is 5.69 Å². The molecule has 4 atom stereocenters. The Hall–Kier alpha value is -0.920. The zero-order valence-electron chi connectivity index (χ0n) is 14.4. The summed E-state index contributed by atoms with van der Waals surface area (Å²) in [6, 6.07) is 0.724. The number of likely N-dealkylation sites (N-methyl/N-ethyl adjacent to an activating group) is 1. The molecule has 1 aromatic heterocycles. The molecule has 0 aromatic carbocycles. The second kappa shape index (κ2) is 4.80. The second-order valence-corrected chi connectivity index (χ2v) is 9.66. The maximum Gasteiger partial charge on any atom is 0.247 e. The largest absolute Gasteiger partial charge is 0.301 e. The second-order valence-electron chi connectivity index (χ2n) is 7.85. The first-order valence-corrected chi connectivity index (χ1v) is 9.93. The number of rotatable bonds is 2. The van der Waals surface area contributed by atoms with Crippen molar-refractivity contribution in [1.29, 1.82) is 0 Å². The van der Waals surface area contributed by atoms with E-state index >= 15 is 0 Å². The molecular formula is C16H26N4O2S. The Balaban J connectivity index is 1.82. The van der Waals surface area contributed by atoms with Crippen LogP contribution in [0.4, 0.5) is 0 Å². The first kappa shape index (κ1) is 15.6. The normalized spacial score (nSPS) is 38.2. The molecule has 2 bridgehead atoms. The van der Waals surface area contributed by atoms with E-state index in [4.69, 9.17) is 0 Å². The van der Waals surface area contributed by atoms with Gasteiger partial charge in [-0.15, -0.1) is 0 Å². The number of nitrogens with zero attached hydrogens (tertiary/aromatic N) is 4. The highest BCUT2D eigenvalue weighted by Crippen LogP contribution is 2.55. The number of fused-ring (bicyclic) bond motifs is 1. The van der Waals surface area contributed by atoms with Crippen molar-refractivity contribution in [2.75, 3.05) is 13.6 Å². The molecule has 0 N–H and O–H groups in total. The Morgan fingerprint density at radius 1 is 1.26 bits per heavy atom. The molecule has 128 valence electrons. The summed E-state index contributed by atoms with van der Waals surface area (Å²) in [4.78, 5) is 2.77. The van der Waals surface area contributed by atoms with Crippen molar-refractivity contribution < 1.29 is 8.42 Å². The van der Waals surface area contributed by atoms with Crippen LogP contribution in [-0.4, -0.2) is 59.1 Å². The third-order valence-electron chi connectivity index (χ3n) is 6.37. The topological polar surface area (TPSA) is 58.4 Å². The van der Waals surface area contributed by atoms with Gasteiger partial charge in [0.1, 0.15) is 4.90 Å². The van der Waals surface area contributed by atoms with E-state index in [0.717, 1.165) is 25.8 Å². The Kier molecular flexibility index (Phi) is 3.26. The summed E-state index contributed by atoms with van der Waals surface area (Å²) < 4.78 is 30.3. The molecule has 2 saturated heterocycles. The molecule has 1 saturated carbocycles. The molecule has 1 aromatic rings. The highest BCUT2D eigenvalue weighted by atomic mass is 32.2. The molecule has 1 aliphatic carbocycles. The van der Waals surface area contributed by atoms with Crippen molar-refractivity contribution in [3.05, 3.63) is 11.9 Å². The lowest BCUT2D eigenvalue weighted by atomic mass is 9.66. The average Bonchev–Trinajstić information content (AvgIpc) is 2.93. The van der Waals surface area contributed by atoms with Gasteiger partial charge in [-0.1, -0.05) is 13.3 Å². The Morgan fingerprint density at radius 3 is 2.61 bits per heavy atom. The van der Waals surface area contributed by atoms with Crippen LogP contribution in [0.25, 0.3) is 0 Å². The fourth-order valence-electron chi connectivity index (χ4n) is 5.57. The standard InChI is InChI=1S/C16H26N4O2S/c1-11-13(10-19(4)17-11)23(21,22)20-12-8-16(2)14(18(3)9-12)6-5-7-15(16)20/h10,12,14-15H,5-9H2,1-4H3/t12-,14+,15-,16+/m0/s1. The zero-order valence-corrected chi connectivity index (χ0v) is 15.2. The van der Waals surface area contributed by atoms with E-state index in [1.807, 2.05) is 4.31 Å². The van der Waals surface area contributed by atoms with Gasteiger partial charge in [0, 0.05) is 43.3 Å². The van der Waals surface area contributed by atoms with Crippen LogP contribution in [0, 0.1) is 12.3 Å². The minimum Gasteiger partial charge on any atom is -0.301 e. The predicted octanol–water partition coefficient (Wildman–Crippen LogP) is 1.36. The summed E-state index contributed by atoms with van der Waals surface area (Å²) in [6.45, 7) is 4.93. The maximum atomic E-state index is 13.4. The van der Waals surface area contributed by atoms with E-state index in [-0.39, 0.29) is 17.5 Å². The first-order valence-electron chi connectivity index (χ1n) is 8.49. The molecule has 0 spiro atoms. The van der Waals surface area contributed by atoms with E-state index in [0.29, 0.717) is 16.6 Å². The average molecular weight is 338 g/mol. The van der Waals surface area contributed by atoms with E-state index in [1.165, 1.54) is 6.42 Å². The smallest absolute Gasteiger partial charge is 0.247 e.